The van der Waals surface area contributed by atoms with Gasteiger partial charge in [0.25, 0.3) is 10.0 Å². The van der Waals surface area contributed by atoms with Crippen LogP contribution in [0.15, 0.2) is 53.6 Å². The Bertz CT molecular complexity index is 1530. The second-order valence-corrected chi connectivity index (χ2v) is 9.61. The standard InChI is InChI=1S/C22H17Cl2FN4O4S/c1-33-18-8-17-11(9-27-22(26)28-17)6-15(18)14-3-2-4-16(21(14)25)29-34(31,32)19-7-13(23)5-12(10-30)20(19)24/h2-9,29-30H,10H2,1H3,(H2,26,27,28). The highest BCUT2D eigenvalue weighted by molar-refractivity contribution is 7.92. The second-order valence-electron chi connectivity index (χ2n) is 7.15. The molecule has 0 atom stereocenters. The van der Waals surface area contributed by atoms with Crippen molar-refractivity contribution in [2.75, 3.05) is 17.6 Å². The molecule has 0 aliphatic rings. The van der Waals surface area contributed by atoms with Gasteiger partial charge in [-0.3, -0.25) is 4.72 Å². The number of hydrogen-bond acceptors (Lipinski definition) is 7. The molecular formula is C22H17Cl2FN4O4S. The highest BCUT2D eigenvalue weighted by Crippen LogP contribution is 2.38. The van der Waals surface area contributed by atoms with Crippen molar-refractivity contribution < 1.29 is 22.7 Å². The van der Waals surface area contributed by atoms with Crippen molar-refractivity contribution in [1.82, 2.24) is 9.97 Å². The second kappa shape index (κ2) is 9.22. The molecular weight excluding hydrogens is 506 g/mol. The third-order valence-corrected chi connectivity index (χ3v) is 7.16. The summed E-state index contributed by atoms with van der Waals surface area (Å²) in [7, 11) is -2.94. The number of nitrogen functional groups attached to an aromatic ring is 1. The first-order valence-electron chi connectivity index (χ1n) is 9.65. The molecule has 1 heterocycles. The number of aromatic nitrogens is 2. The first-order chi connectivity index (χ1) is 16.1. The van der Waals surface area contributed by atoms with Crippen LogP contribution in [0.25, 0.3) is 22.0 Å². The van der Waals surface area contributed by atoms with Gasteiger partial charge in [0.1, 0.15) is 10.6 Å². The summed E-state index contributed by atoms with van der Waals surface area (Å²) in [5.41, 5.74) is 6.35. The Morgan fingerprint density at radius 2 is 1.94 bits per heavy atom. The van der Waals surface area contributed by atoms with Gasteiger partial charge in [0.2, 0.25) is 5.95 Å². The van der Waals surface area contributed by atoms with E-state index in [1.54, 1.807) is 12.1 Å². The molecule has 4 rings (SSSR count). The molecule has 0 amide bonds. The van der Waals surface area contributed by atoms with Crippen LogP contribution in [0.5, 0.6) is 5.75 Å². The zero-order valence-electron chi connectivity index (χ0n) is 17.5. The molecule has 34 heavy (non-hydrogen) atoms. The van der Waals surface area contributed by atoms with E-state index in [2.05, 4.69) is 14.7 Å². The van der Waals surface area contributed by atoms with Crippen molar-refractivity contribution >= 4 is 55.8 Å². The number of rotatable bonds is 6. The molecule has 176 valence electrons. The largest absolute Gasteiger partial charge is 0.496 e. The summed E-state index contributed by atoms with van der Waals surface area (Å²) in [4.78, 5) is 7.68. The average Bonchev–Trinajstić information content (AvgIpc) is 2.80. The Balaban J connectivity index is 1.81. The number of hydrogen-bond donors (Lipinski definition) is 3. The number of anilines is 2. The lowest BCUT2D eigenvalue weighted by Gasteiger charge is -2.15. The third kappa shape index (κ3) is 4.45. The molecule has 0 spiro atoms. The van der Waals surface area contributed by atoms with Gasteiger partial charge in [-0.1, -0.05) is 35.3 Å². The number of nitrogens with two attached hydrogens (primary N) is 1. The highest BCUT2D eigenvalue weighted by Gasteiger charge is 2.24. The Hall–Kier alpha value is -3.18. The van der Waals surface area contributed by atoms with Crippen LogP contribution in [0.4, 0.5) is 16.0 Å². The molecule has 4 aromatic rings. The fourth-order valence-electron chi connectivity index (χ4n) is 3.40. The van der Waals surface area contributed by atoms with Crippen molar-refractivity contribution in [3.05, 3.63) is 70.1 Å². The van der Waals surface area contributed by atoms with E-state index < -0.39 is 27.3 Å². The van der Waals surface area contributed by atoms with Crippen LogP contribution in [0, 0.1) is 5.82 Å². The van der Waals surface area contributed by atoms with Crippen LogP contribution in [-0.4, -0.2) is 30.6 Å². The number of halogens is 3. The van der Waals surface area contributed by atoms with E-state index in [-0.39, 0.29) is 32.8 Å². The van der Waals surface area contributed by atoms with Crippen molar-refractivity contribution in [1.29, 1.82) is 0 Å². The maximum absolute atomic E-state index is 15.6. The molecule has 0 fully saturated rings. The zero-order chi connectivity index (χ0) is 24.6. The Labute approximate surface area is 204 Å². The molecule has 1 aromatic heterocycles. The van der Waals surface area contributed by atoms with Gasteiger partial charge in [0.05, 0.1) is 29.9 Å². The minimum atomic E-state index is -4.36. The Kier molecular flexibility index (Phi) is 6.50. The van der Waals surface area contributed by atoms with Crippen molar-refractivity contribution in [3.8, 4) is 16.9 Å². The molecule has 0 saturated heterocycles. The van der Waals surface area contributed by atoms with E-state index in [0.29, 0.717) is 22.2 Å². The summed E-state index contributed by atoms with van der Waals surface area (Å²) >= 11 is 12.1. The monoisotopic (exact) mass is 522 g/mol. The molecule has 0 radical (unpaired) electrons. The van der Waals surface area contributed by atoms with Gasteiger partial charge in [-0.05, 0) is 29.8 Å². The maximum Gasteiger partial charge on any atom is 0.263 e. The molecule has 0 unspecified atom stereocenters. The maximum atomic E-state index is 15.6. The van der Waals surface area contributed by atoms with Gasteiger partial charge in [0.15, 0.2) is 5.82 Å². The average molecular weight is 523 g/mol. The van der Waals surface area contributed by atoms with E-state index in [9.17, 15) is 13.5 Å². The van der Waals surface area contributed by atoms with Crippen LogP contribution in [-0.2, 0) is 16.6 Å². The van der Waals surface area contributed by atoms with E-state index in [4.69, 9.17) is 33.7 Å². The van der Waals surface area contributed by atoms with E-state index >= 15 is 4.39 Å². The molecule has 3 aromatic carbocycles. The molecule has 0 aliphatic carbocycles. The Morgan fingerprint density at radius 3 is 2.65 bits per heavy atom. The smallest absolute Gasteiger partial charge is 0.263 e. The number of ether oxygens (including phenoxy) is 1. The molecule has 0 bridgehead atoms. The molecule has 4 N–H and O–H groups in total. The summed E-state index contributed by atoms with van der Waals surface area (Å²) in [6, 6.07) is 9.88. The molecule has 8 nitrogen and oxygen atoms in total. The van der Waals surface area contributed by atoms with Crippen LogP contribution >= 0.6 is 23.2 Å². The first kappa shape index (κ1) is 24.0. The summed E-state index contributed by atoms with van der Waals surface area (Å²) in [6.07, 6.45) is 1.49. The van der Waals surface area contributed by atoms with Gasteiger partial charge in [-0.25, -0.2) is 22.8 Å². The predicted octanol–water partition coefficient (Wildman–Crippen LogP) is 4.63. The minimum Gasteiger partial charge on any atom is -0.496 e. The predicted molar refractivity (Wildman–Crippen MR) is 129 cm³/mol. The van der Waals surface area contributed by atoms with Crippen molar-refractivity contribution in [3.63, 3.8) is 0 Å². The normalized spacial score (nSPS) is 11.6. The van der Waals surface area contributed by atoms with Gasteiger partial charge >= 0.3 is 0 Å². The fraction of sp³-hybridized carbons (Fsp3) is 0.0909. The molecule has 0 saturated carbocycles. The van der Waals surface area contributed by atoms with E-state index in [1.807, 2.05) is 0 Å². The third-order valence-electron chi connectivity index (χ3n) is 4.99. The van der Waals surface area contributed by atoms with Gasteiger partial charge < -0.3 is 15.6 Å². The zero-order valence-corrected chi connectivity index (χ0v) is 19.8. The Morgan fingerprint density at radius 1 is 1.18 bits per heavy atom. The van der Waals surface area contributed by atoms with Crippen LogP contribution < -0.4 is 15.2 Å². The quantitative estimate of drug-likeness (QED) is 0.336. The van der Waals surface area contributed by atoms with Gasteiger partial charge in [-0.2, -0.15) is 0 Å². The van der Waals surface area contributed by atoms with Crippen molar-refractivity contribution in [2.24, 2.45) is 0 Å². The van der Waals surface area contributed by atoms with E-state index in [0.717, 1.165) is 6.07 Å². The molecule has 0 aliphatic heterocycles. The van der Waals surface area contributed by atoms with E-state index in [1.165, 1.54) is 37.6 Å². The topological polar surface area (TPSA) is 127 Å². The number of sulfonamides is 1. The van der Waals surface area contributed by atoms with Crippen LogP contribution in [0.1, 0.15) is 5.56 Å². The SMILES string of the molecule is COc1cc2nc(N)ncc2cc1-c1cccc(NS(=O)(=O)c2cc(Cl)cc(CO)c2Cl)c1F. The molecule has 12 heteroatoms. The lowest BCUT2D eigenvalue weighted by Crippen LogP contribution is -2.15. The lowest BCUT2D eigenvalue weighted by molar-refractivity contribution is 0.281. The highest BCUT2D eigenvalue weighted by atomic mass is 35.5. The summed E-state index contributed by atoms with van der Waals surface area (Å²) in [5.74, 6) is -0.468. The number of nitrogens with zero attached hydrogens (tertiary/aromatic N) is 2. The summed E-state index contributed by atoms with van der Waals surface area (Å²) in [5, 5.41) is 9.84. The summed E-state index contributed by atoms with van der Waals surface area (Å²) in [6.45, 7) is -0.525. The number of methoxy groups -OCH3 is 1. The minimum absolute atomic E-state index is 0.0480. The lowest BCUT2D eigenvalue weighted by atomic mass is 10.0. The fourth-order valence-corrected chi connectivity index (χ4v) is 5.39. The number of benzene rings is 3. The number of aliphatic hydroxyl groups excluding tert-OH is 1. The number of fused-ring (bicyclic) bond motifs is 1. The first-order valence-corrected chi connectivity index (χ1v) is 11.9. The van der Waals surface area contributed by atoms with Crippen LogP contribution in [0.3, 0.4) is 0 Å². The van der Waals surface area contributed by atoms with Gasteiger partial charge in [-0.15, -0.1) is 0 Å². The van der Waals surface area contributed by atoms with Crippen LogP contribution in [0.2, 0.25) is 10.0 Å². The number of aliphatic hydroxyl groups is 1. The van der Waals surface area contributed by atoms with Gasteiger partial charge in [0, 0.05) is 33.8 Å². The summed E-state index contributed by atoms with van der Waals surface area (Å²) < 4.78 is 49.2. The number of nitrogens with one attached hydrogen (secondary N) is 1. The van der Waals surface area contributed by atoms with Crippen molar-refractivity contribution in [2.45, 2.75) is 11.5 Å².